The maximum atomic E-state index is 12.2. The van der Waals surface area contributed by atoms with Gasteiger partial charge in [-0.05, 0) is 31.0 Å². The molecule has 1 heterocycles. The van der Waals surface area contributed by atoms with E-state index >= 15 is 0 Å². The molecule has 1 fully saturated rings. The van der Waals surface area contributed by atoms with Crippen molar-refractivity contribution in [3.63, 3.8) is 0 Å². The van der Waals surface area contributed by atoms with Gasteiger partial charge in [-0.25, -0.2) is 4.79 Å². The van der Waals surface area contributed by atoms with Crippen molar-refractivity contribution in [2.75, 3.05) is 19.8 Å². The first-order valence-corrected chi connectivity index (χ1v) is 7.32. The number of halogens is 3. The summed E-state index contributed by atoms with van der Waals surface area (Å²) in [6, 6.07) is 5.33. The van der Waals surface area contributed by atoms with E-state index in [2.05, 4.69) is 10.1 Å². The van der Waals surface area contributed by atoms with Crippen LogP contribution in [0.15, 0.2) is 24.3 Å². The summed E-state index contributed by atoms with van der Waals surface area (Å²) in [5.41, 5.74) is 0.527. The summed E-state index contributed by atoms with van der Waals surface area (Å²) in [4.78, 5) is 13.9. The molecule has 23 heavy (non-hydrogen) atoms. The second-order valence-electron chi connectivity index (χ2n) is 5.30. The van der Waals surface area contributed by atoms with E-state index in [1.165, 1.54) is 18.2 Å². The Labute approximate surface area is 132 Å². The first kappa shape index (κ1) is 17.4. The number of hydrogen-bond donors (Lipinski definition) is 1. The number of benzene rings is 1. The Balaban J connectivity index is 1.92. The molecule has 128 valence electrons. The van der Waals surface area contributed by atoms with Crippen LogP contribution in [0.2, 0.25) is 0 Å². The Morgan fingerprint density at radius 2 is 2.22 bits per heavy atom. The van der Waals surface area contributed by atoms with E-state index in [1.807, 2.05) is 6.92 Å². The molecule has 1 aromatic carbocycles. The smallest absolute Gasteiger partial charge is 0.406 e. The summed E-state index contributed by atoms with van der Waals surface area (Å²) in [6.45, 7) is 3.64. The number of ether oxygens (including phenoxy) is 2. The number of amides is 2. The Bertz CT molecular complexity index is 537. The third kappa shape index (κ3) is 5.63. The molecule has 2 amide bonds. The zero-order valence-corrected chi connectivity index (χ0v) is 12.7. The fraction of sp³-hybridized carbons (Fsp3) is 0.533. The lowest BCUT2D eigenvalue weighted by atomic mass is 10.2. The molecule has 1 saturated heterocycles. The number of nitrogens with zero attached hydrogens (tertiary/aromatic N) is 1. The van der Waals surface area contributed by atoms with Crippen molar-refractivity contribution >= 4 is 6.03 Å². The summed E-state index contributed by atoms with van der Waals surface area (Å²) < 4.78 is 45.8. The topological polar surface area (TPSA) is 50.8 Å². The van der Waals surface area contributed by atoms with Crippen LogP contribution < -0.4 is 10.1 Å². The Hall–Kier alpha value is -1.96. The highest BCUT2D eigenvalue weighted by atomic mass is 19.4. The molecule has 8 heteroatoms. The average molecular weight is 332 g/mol. The molecular formula is C15H19F3N2O3. The van der Waals surface area contributed by atoms with E-state index in [-0.39, 0.29) is 24.4 Å². The van der Waals surface area contributed by atoms with E-state index in [0.29, 0.717) is 25.3 Å². The van der Waals surface area contributed by atoms with Gasteiger partial charge in [0.2, 0.25) is 0 Å². The quantitative estimate of drug-likeness (QED) is 0.926. The number of urea groups is 1. The van der Waals surface area contributed by atoms with Gasteiger partial charge in [-0.1, -0.05) is 12.1 Å². The number of hydrogen-bond acceptors (Lipinski definition) is 3. The van der Waals surface area contributed by atoms with Crippen LogP contribution in [0.25, 0.3) is 0 Å². The molecule has 1 atom stereocenters. The highest BCUT2D eigenvalue weighted by molar-refractivity contribution is 5.74. The molecule has 1 N–H and O–H groups in total. The Morgan fingerprint density at radius 1 is 1.43 bits per heavy atom. The van der Waals surface area contributed by atoms with Crippen molar-refractivity contribution in [1.82, 2.24) is 10.2 Å². The first-order chi connectivity index (χ1) is 10.8. The second kappa shape index (κ2) is 7.54. The van der Waals surface area contributed by atoms with Gasteiger partial charge in [0.05, 0.1) is 6.61 Å². The van der Waals surface area contributed by atoms with Gasteiger partial charge < -0.3 is 19.7 Å². The van der Waals surface area contributed by atoms with Crippen molar-refractivity contribution in [1.29, 1.82) is 0 Å². The van der Waals surface area contributed by atoms with Crippen LogP contribution in [0.3, 0.4) is 0 Å². The van der Waals surface area contributed by atoms with Crippen molar-refractivity contribution in [2.24, 2.45) is 0 Å². The molecule has 5 nitrogen and oxygen atoms in total. The fourth-order valence-electron chi connectivity index (χ4n) is 2.33. The summed E-state index contributed by atoms with van der Waals surface area (Å²) in [5, 5.41) is 2.71. The normalized spacial score (nSPS) is 19.1. The summed E-state index contributed by atoms with van der Waals surface area (Å²) >= 11 is 0. The van der Waals surface area contributed by atoms with E-state index in [1.54, 1.807) is 11.0 Å². The molecule has 0 aliphatic carbocycles. The number of alkyl halides is 3. The number of carbonyl (C=O) groups excluding carboxylic acids is 1. The van der Waals surface area contributed by atoms with Crippen LogP contribution in [-0.4, -0.2) is 43.1 Å². The zero-order valence-electron chi connectivity index (χ0n) is 12.7. The molecule has 0 saturated carbocycles. The first-order valence-electron chi connectivity index (χ1n) is 7.32. The van der Waals surface area contributed by atoms with Crippen LogP contribution >= 0.6 is 0 Å². The lowest BCUT2D eigenvalue weighted by Gasteiger charge is -2.26. The fourth-order valence-corrected chi connectivity index (χ4v) is 2.33. The lowest BCUT2D eigenvalue weighted by Crippen LogP contribution is -2.45. The maximum absolute atomic E-state index is 12.2. The lowest BCUT2D eigenvalue weighted by molar-refractivity contribution is -0.274. The standard InChI is InChI=1S/C15H19F3N2O3/c1-11-5-7-22-8-6-20(11)14(21)19-10-12-3-2-4-13(9-12)23-15(16,17)18/h2-4,9,11H,5-8,10H2,1H3,(H,19,21). The molecular weight excluding hydrogens is 313 g/mol. The predicted molar refractivity (Wildman–Crippen MR) is 77.0 cm³/mol. The Kier molecular flexibility index (Phi) is 5.70. The van der Waals surface area contributed by atoms with Crippen LogP contribution in [0.5, 0.6) is 5.75 Å². The SMILES string of the molecule is CC1CCOCCN1C(=O)NCc1cccc(OC(F)(F)F)c1. The minimum atomic E-state index is -4.73. The minimum Gasteiger partial charge on any atom is -0.406 e. The highest BCUT2D eigenvalue weighted by Gasteiger charge is 2.31. The second-order valence-corrected chi connectivity index (χ2v) is 5.30. The van der Waals surface area contributed by atoms with Crippen molar-refractivity contribution < 1.29 is 27.4 Å². The van der Waals surface area contributed by atoms with Gasteiger partial charge >= 0.3 is 12.4 Å². The molecule has 2 rings (SSSR count). The van der Waals surface area contributed by atoms with Crippen molar-refractivity contribution in [3.05, 3.63) is 29.8 Å². The molecule has 0 radical (unpaired) electrons. The van der Waals surface area contributed by atoms with Gasteiger partial charge in [-0.3, -0.25) is 0 Å². The average Bonchev–Trinajstić information content (AvgIpc) is 2.68. The summed E-state index contributed by atoms with van der Waals surface area (Å²) in [6.07, 6.45) is -3.98. The van der Waals surface area contributed by atoms with E-state index in [9.17, 15) is 18.0 Å². The zero-order chi connectivity index (χ0) is 16.9. The monoisotopic (exact) mass is 332 g/mol. The summed E-state index contributed by atoms with van der Waals surface area (Å²) in [7, 11) is 0. The maximum Gasteiger partial charge on any atom is 0.573 e. The number of carbonyl (C=O) groups is 1. The van der Waals surface area contributed by atoms with Crippen LogP contribution in [-0.2, 0) is 11.3 Å². The van der Waals surface area contributed by atoms with E-state index in [4.69, 9.17) is 4.74 Å². The van der Waals surface area contributed by atoms with E-state index in [0.717, 1.165) is 6.42 Å². The molecule has 1 unspecified atom stereocenters. The third-order valence-corrected chi connectivity index (χ3v) is 3.53. The Morgan fingerprint density at radius 3 is 2.96 bits per heavy atom. The van der Waals surface area contributed by atoms with Gasteiger partial charge in [0.15, 0.2) is 0 Å². The van der Waals surface area contributed by atoms with Crippen LogP contribution in [0.4, 0.5) is 18.0 Å². The minimum absolute atomic E-state index is 0.0531. The van der Waals surface area contributed by atoms with Crippen LogP contribution in [0, 0.1) is 0 Å². The third-order valence-electron chi connectivity index (χ3n) is 3.53. The van der Waals surface area contributed by atoms with E-state index < -0.39 is 6.36 Å². The van der Waals surface area contributed by atoms with Gasteiger partial charge in [0, 0.05) is 25.7 Å². The molecule has 0 spiro atoms. The van der Waals surface area contributed by atoms with Gasteiger partial charge in [-0.15, -0.1) is 13.2 Å². The number of rotatable bonds is 3. The highest BCUT2D eigenvalue weighted by Crippen LogP contribution is 2.23. The van der Waals surface area contributed by atoms with Gasteiger partial charge in [0.25, 0.3) is 0 Å². The molecule has 1 aromatic rings. The number of nitrogens with one attached hydrogen (secondary N) is 1. The van der Waals surface area contributed by atoms with Crippen molar-refractivity contribution in [3.8, 4) is 5.75 Å². The molecule has 0 aromatic heterocycles. The summed E-state index contributed by atoms with van der Waals surface area (Å²) in [5.74, 6) is -0.305. The van der Waals surface area contributed by atoms with Crippen LogP contribution in [0.1, 0.15) is 18.9 Å². The largest absolute Gasteiger partial charge is 0.573 e. The molecule has 1 aliphatic rings. The van der Waals surface area contributed by atoms with Crippen molar-refractivity contribution in [2.45, 2.75) is 32.3 Å². The molecule has 0 bridgehead atoms. The van der Waals surface area contributed by atoms with Gasteiger partial charge in [-0.2, -0.15) is 0 Å². The van der Waals surface area contributed by atoms with Gasteiger partial charge in [0.1, 0.15) is 5.75 Å². The molecule has 1 aliphatic heterocycles. The predicted octanol–water partition coefficient (Wildman–Crippen LogP) is 2.91.